The molecule has 0 saturated carbocycles. The Balaban J connectivity index is 2.20. The summed E-state index contributed by atoms with van der Waals surface area (Å²) in [6, 6.07) is 1.70. The maximum Gasteiger partial charge on any atom is 0.244 e. The van der Waals surface area contributed by atoms with Crippen molar-refractivity contribution in [1.29, 1.82) is 0 Å². The van der Waals surface area contributed by atoms with Crippen LogP contribution in [0.4, 0.5) is 0 Å². The largest absolute Gasteiger partial charge is 0.381 e. The Labute approximate surface area is 123 Å². The molecule has 0 bridgehead atoms. The lowest BCUT2D eigenvalue weighted by molar-refractivity contribution is 0.0604. The molecule has 4 nitrogen and oxygen atoms in total. The quantitative estimate of drug-likeness (QED) is 0.800. The zero-order chi connectivity index (χ0) is 14.0. The third kappa shape index (κ3) is 3.13. The van der Waals surface area contributed by atoms with Crippen molar-refractivity contribution >= 4 is 33.0 Å². The molecule has 0 N–H and O–H groups in total. The molecule has 1 aliphatic rings. The maximum atomic E-state index is 12.6. The van der Waals surface area contributed by atoms with E-state index in [2.05, 4.69) is 0 Å². The van der Waals surface area contributed by atoms with Crippen LogP contribution in [0.1, 0.15) is 22.6 Å². The Morgan fingerprint density at radius 3 is 2.58 bits per heavy atom. The van der Waals surface area contributed by atoms with Crippen molar-refractivity contribution in [2.45, 2.75) is 36.6 Å². The zero-order valence-electron chi connectivity index (χ0n) is 11.1. The number of hydrogen-bond acceptors (Lipinski definition) is 4. The van der Waals surface area contributed by atoms with E-state index in [1.54, 1.807) is 17.5 Å². The second-order valence-electron chi connectivity index (χ2n) is 4.61. The molecule has 108 valence electrons. The van der Waals surface area contributed by atoms with E-state index < -0.39 is 10.0 Å². The van der Waals surface area contributed by atoms with Gasteiger partial charge in [0.15, 0.2) is 0 Å². The van der Waals surface area contributed by atoms with E-state index in [4.69, 9.17) is 16.3 Å². The first-order chi connectivity index (χ1) is 8.98. The van der Waals surface area contributed by atoms with Gasteiger partial charge in [0.05, 0.1) is 16.9 Å². The van der Waals surface area contributed by atoms with Gasteiger partial charge in [-0.25, -0.2) is 8.42 Å². The van der Waals surface area contributed by atoms with Crippen molar-refractivity contribution in [3.63, 3.8) is 0 Å². The van der Waals surface area contributed by atoms with Crippen LogP contribution in [0.25, 0.3) is 0 Å². The number of aryl methyl sites for hydroxylation is 1. The number of rotatable bonds is 4. The lowest BCUT2D eigenvalue weighted by atomic mass is 10.1. The maximum absolute atomic E-state index is 12.6. The molecular formula is C12H18ClNO3S2. The molecule has 1 aliphatic heterocycles. The lowest BCUT2D eigenvalue weighted by Gasteiger charge is -2.30. The minimum atomic E-state index is -3.38. The number of hydrogen-bond donors (Lipinski definition) is 0. The topological polar surface area (TPSA) is 46.6 Å². The van der Waals surface area contributed by atoms with Crippen molar-refractivity contribution < 1.29 is 13.2 Å². The molecule has 7 heteroatoms. The van der Waals surface area contributed by atoms with Crippen molar-refractivity contribution in [2.75, 3.05) is 20.2 Å². The van der Waals surface area contributed by atoms with E-state index in [1.807, 2.05) is 6.92 Å². The van der Waals surface area contributed by atoms with Crippen LogP contribution in [0.3, 0.4) is 0 Å². The molecule has 0 amide bonds. The van der Waals surface area contributed by atoms with Gasteiger partial charge in [-0.3, -0.25) is 0 Å². The first-order valence-corrected chi connectivity index (χ1v) is 8.96. The molecule has 2 heterocycles. The van der Waals surface area contributed by atoms with Crippen molar-refractivity contribution in [3.8, 4) is 0 Å². The molecule has 0 unspecified atom stereocenters. The minimum Gasteiger partial charge on any atom is -0.381 e. The van der Waals surface area contributed by atoms with Gasteiger partial charge in [0.25, 0.3) is 0 Å². The van der Waals surface area contributed by atoms with Crippen LogP contribution in [0.2, 0.25) is 0 Å². The van der Waals surface area contributed by atoms with Gasteiger partial charge in [0.1, 0.15) is 0 Å². The van der Waals surface area contributed by atoms with Crippen LogP contribution in [0, 0.1) is 6.92 Å². The highest BCUT2D eigenvalue weighted by Crippen LogP contribution is 2.30. The van der Waals surface area contributed by atoms with Gasteiger partial charge in [-0.05, 0) is 25.8 Å². The third-order valence-corrected chi connectivity index (χ3v) is 7.06. The number of ether oxygens (including phenoxy) is 1. The Hall–Kier alpha value is -0.140. The molecule has 0 radical (unpaired) electrons. The standard InChI is InChI=1S/C12H18ClNO3S2/c1-9-12(7-11(8-13)18-9)19(15,16)14-5-3-10(17-2)4-6-14/h7,10H,3-6,8H2,1-2H3. The van der Waals surface area contributed by atoms with Crippen LogP contribution >= 0.6 is 22.9 Å². The van der Waals surface area contributed by atoms with Gasteiger partial charge in [-0.1, -0.05) is 0 Å². The van der Waals surface area contributed by atoms with Crippen LogP contribution in [0.5, 0.6) is 0 Å². The van der Waals surface area contributed by atoms with E-state index in [1.165, 1.54) is 11.3 Å². The number of thiophene rings is 1. The average molecular weight is 324 g/mol. The molecule has 1 fully saturated rings. The van der Waals surface area contributed by atoms with Crippen molar-refractivity contribution in [2.24, 2.45) is 0 Å². The Morgan fingerprint density at radius 1 is 1.47 bits per heavy atom. The summed E-state index contributed by atoms with van der Waals surface area (Å²) in [5.41, 5.74) is 0. The SMILES string of the molecule is COC1CCN(S(=O)(=O)c2cc(CCl)sc2C)CC1. The Kier molecular flexibility index (Phi) is 4.89. The molecular weight excluding hydrogens is 306 g/mol. The molecule has 0 atom stereocenters. The molecule has 1 aromatic heterocycles. The Bertz CT molecular complexity index is 533. The molecule has 1 aromatic rings. The smallest absolute Gasteiger partial charge is 0.244 e. The van der Waals surface area contributed by atoms with E-state index in [-0.39, 0.29) is 6.10 Å². The number of alkyl halides is 1. The van der Waals surface area contributed by atoms with Gasteiger partial charge in [-0.15, -0.1) is 22.9 Å². The summed E-state index contributed by atoms with van der Waals surface area (Å²) in [7, 11) is -1.71. The van der Waals surface area contributed by atoms with Crippen LogP contribution in [0.15, 0.2) is 11.0 Å². The fourth-order valence-corrected chi connectivity index (χ4v) is 5.46. The van der Waals surface area contributed by atoms with E-state index in [0.717, 1.165) is 22.6 Å². The Morgan fingerprint density at radius 2 is 2.11 bits per heavy atom. The highest BCUT2D eigenvalue weighted by Gasteiger charge is 2.31. The van der Waals surface area contributed by atoms with E-state index in [9.17, 15) is 8.42 Å². The summed E-state index contributed by atoms with van der Waals surface area (Å²) in [4.78, 5) is 2.11. The van der Waals surface area contributed by atoms with Crippen LogP contribution < -0.4 is 0 Å². The second kappa shape index (κ2) is 6.10. The zero-order valence-corrected chi connectivity index (χ0v) is 13.4. The number of halogens is 1. The number of nitrogens with zero attached hydrogens (tertiary/aromatic N) is 1. The fraction of sp³-hybridized carbons (Fsp3) is 0.667. The number of sulfonamides is 1. The summed E-state index contributed by atoms with van der Waals surface area (Å²) in [5, 5.41) is 0. The first-order valence-electron chi connectivity index (χ1n) is 6.17. The molecule has 2 rings (SSSR count). The van der Waals surface area contributed by atoms with Gasteiger partial charge in [0.2, 0.25) is 10.0 Å². The predicted molar refractivity (Wildman–Crippen MR) is 77.4 cm³/mol. The minimum absolute atomic E-state index is 0.174. The monoisotopic (exact) mass is 323 g/mol. The van der Waals surface area contributed by atoms with Gasteiger partial charge >= 0.3 is 0 Å². The van der Waals surface area contributed by atoms with Gasteiger partial charge < -0.3 is 4.74 Å². The van der Waals surface area contributed by atoms with Gasteiger partial charge in [-0.2, -0.15) is 4.31 Å². The summed E-state index contributed by atoms with van der Waals surface area (Å²) < 4.78 is 32.0. The fourth-order valence-electron chi connectivity index (χ4n) is 2.29. The normalized spacial score (nSPS) is 18.9. The summed E-state index contributed by atoms with van der Waals surface area (Å²) in [5.74, 6) is 0.354. The summed E-state index contributed by atoms with van der Waals surface area (Å²) in [6.45, 7) is 2.87. The summed E-state index contributed by atoms with van der Waals surface area (Å²) in [6.07, 6.45) is 1.68. The van der Waals surface area contributed by atoms with Crippen LogP contribution in [-0.4, -0.2) is 39.0 Å². The second-order valence-corrected chi connectivity index (χ2v) is 8.12. The van der Waals surface area contributed by atoms with Crippen LogP contribution in [-0.2, 0) is 20.6 Å². The van der Waals surface area contributed by atoms with Crippen molar-refractivity contribution in [1.82, 2.24) is 4.31 Å². The molecule has 0 aliphatic carbocycles. The number of piperidine rings is 1. The molecule has 0 spiro atoms. The first kappa shape index (κ1) is 15.3. The van der Waals surface area contributed by atoms with E-state index >= 15 is 0 Å². The average Bonchev–Trinajstić information content (AvgIpc) is 2.81. The molecule has 1 saturated heterocycles. The number of methoxy groups -OCH3 is 1. The third-order valence-electron chi connectivity index (χ3n) is 3.41. The van der Waals surface area contributed by atoms with E-state index in [0.29, 0.717) is 23.9 Å². The predicted octanol–water partition coefficient (Wildman–Crippen LogP) is 2.59. The highest BCUT2D eigenvalue weighted by molar-refractivity contribution is 7.89. The van der Waals surface area contributed by atoms with Gasteiger partial charge in [0, 0.05) is 30.0 Å². The molecule has 0 aromatic carbocycles. The highest BCUT2D eigenvalue weighted by atomic mass is 35.5. The lowest BCUT2D eigenvalue weighted by Crippen LogP contribution is -2.40. The molecule has 19 heavy (non-hydrogen) atoms. The summed E-state index contributed by atoms with van der Waals surface area (Å²) >= 11 is 7.22. The van der Waals surface area contributed by atoms with Crippen molar-refractivity contribution in [3.05, 3.63) is 15.8 Å².